The Kier molecular flexibility index (Phi) is 3.10. The molecule has 0 saturated heterocycles. The fourth-order valence-corrected chi connectivity index (χ4v) is 3.00. The van der Waals surface area contributed by atoms with Crippen LogP contribution in [0.3, 0.4) is 0 Å². The van der Waals surface area contributed by atoms with Gasteiger partial charge in [0.2, 0.25) is 0 Å². The molecule has 3 aromatic rings. The number of para-hydroxylation sites is 1. The summed E-state index contributed by atoms with van der Waals surface area (Å²) in [5.74, 6) is 0.678. The smallest absolute Gasteiger partial charge is 0.193 e. The average molecular weight is 418 g/mol. The van der Waals surface area contributed by atoms with Crippen LogP contribution in [0.5, 0.6) is 0 Å². The van der Waals surface area contributed by atoms with Crippen molar-refractivity contribution >= 4 is 61.0 Å². The van der Waals surface area contributed by atoms with Gasteiger partial charge in [0.25, 0.3) is 0 Å². The third kappa shape index (κ3) is 2.21. The molecule has 3 rings (SSSR count). The molecule has 0 spiro atoms. The first-order chi connectivity index (χ1) is 8.24. The first-order valence-corrected chi connectivity index (χ1v) is 7.43. The minimum atomic E-state index is 0.678. The van der Waals surface area contributed by atoms with Crippen LogP contribution >= 0.6 is 50.1 Å². The number of rotatable bonds is 1. The van der Waals surface area contributed by atoms with Crippen LogP contribution in [0.1, 0.15) is 0 Å². The Morgan fingerprint density at radius 2 is 2.00 bits per heavy atom. The Morgan fingerprint density at radius 3 is 2.76 bits per heavy atom. The van der Waals surface area contributed by atoms with Crippen molar-refractivity contribution in [2.24, 2.45) is 0 Å². The topological polar surface area (TPSA) is 38.7 Å². The summed E-state index contributed by atoms with van der Waals surface area (Å²) in [5, 5.41) is 1.10. The first kappa shape index (κ1) is 11.5. The molecule has 0 bridgehead atoms. The van der Waals surface area contributed by atoms with E-state index in [0.29, 0.717) is 5.82 Å². The molecular weight excluding hydrogens is 413 g/mol. The van der Waals surface area contributed by atoms with Gasteiger partial charge < -0.3 is 0 Å². The zero-order chi connectivity index (χ0) is 11.8. The quantitative estimate of drug-likeness (QED) is 0.559. The number of halogens is 2. The summed E-state index contributed by atoms with van der Waals surface area (Å²) in [4.78, 5) is 8.94. The monoisotopic (exact) mass is 417 g/mol. The van der Waals surface area contributed by atoms with Gasteiger partial charge in [0, 0.05) is 9.86 Å². The molecular formula is C11H5BrIN3S. The van der Waals surface area contributed by atoms with E-state index in [4.69, 9.17) is 0 Å². The molecule has 0 amide bonds. The third-order valence-corrected chi connectivity index (χ3v) is 4.23. The zero-order valence-corrected chi connectivity index (χ0v) is 13.0. The standard InChI is InChI=1S/C11H5BrIN3S/c12-7-5-6-3-1-2-4-8(6)14-9(7)10-15-11(13)17-16-10/h1-5H. The highest BCUT2D eigenvalue weighted by atomic mass is 127. The van der Waals surface area contributed by atoms with Gasteiger partial charge in [-0.25, -0.2) is 9.97 Å². The molecule has 6 heteroatoms. The van der Waals surface area contributed by atoms with Crippen LogP contribution in [0.25, 0.3) is 22.4 Å². The number of nitrogens with zero attached hydrogens (tertiary/aromatic N) is 3. The van der Waals surface area contributed by atoms with E-state index in [9.17, 15) is 0 Å². The Hall–Kier alpha value is -0.600. The van der Waals surface area contributed by atoms with Crippen molar-refractivity contribution in [1.82, 2.24) is 14.3 Å². The maximum Gasteiger partial charge on any atom is 0.193 e. The molecule has 0 saturated carbocycles. The molecule has 0 aliphatic heterocycles. The van der Waals surface area contributed by atoms with Crippen LogP contribution in [0.2, 0.25) is 0 Å². The van der Waals surface area contributed by atoms with Crippen LogP contribution in [0.15, 0.2) is 34.8 Å². The maximum absolute atomic E-state index is 4.59. The number of aromatic nitrogens is 3. The van der Waals surface area contributed by atoms with Crippen LogP contribution in [0.4, 0.5) is 0 Å². The van der Waals surface area contributed by atoms with Gasteiger partial charge in [0.15, 0.2) is 8.84 Å². The summed E-state index contributed by atoms with van der Waals surface area (Å²) in [6.07, 6.45) is 0. The van der Waals surface area contributed by atoms with Crippen LogP contribution in [-0.2, 0) is 0 Å². The van der Waals surface area contributed by atoms with Gasteiger partial charge in [-0.15, -0.1) is 0 Å². The Labute approximate surface area is 124 Å². The van der Waals surface area contributed by atoms with E-state index in [1.807, 2.05) is 30.3 Å². The summed E-state index contributed by atoms with van der Waals surface area (Å²) in [6, 6.07) is 10.1. The van der Waals surface area contributed by atoms with Crippen molar-refractivity contribution in [1.29, 1.82) is 0 Å². The minimum absolute atomic E-state index is 0.678. The zero-order valence-electron chi connectivity index (χ0n) is 8.39. The van der Waals surface area contributed by atoms with Gasteiger partial charge in [-0.05, 0) is 62.2 Å². The molecule has 17 heavy (non-hydrogen) atoms. The Morgan fingerprint density at radius 1 is 1.18 bits per heavy atom. The minimum Gasteiger partial charge on any atom is -0.243 e. The summed E-state index contributed by atoms with van der Waals surface area (Å²) in [5.41, 5.74) is 1.75. The molecule has 2 heterocycles. The number of benzene rings is 1. The Balaban J connectivity index is 2.26. The molecule has 0 radical (unpaired) electrons. The molecule has 0 fully saturated rings. The molecule has 3 nitrogen and oxygen atoms in total. The van der Waals surface area contributed by atoms with E-state index in [-0.39, 0.29) is 0 Å². The summed E-state index contributed by atoms with van der Waals surface area (Å²) in [7, 11) is 0. The van der Waals surface area contributed by atoms with Crippen LogP contribution < -0.4 is 0 Å². The van der Waals surface area contributed by atoms with Crippen molar-refractivity contribution in [3.05, 3.63) is 37.8 Å². The predicted octanol–water partition coefficient (Wildman–Crippen LogP) is 4.12. The highest BCUT2D eigenvalue weighted by Crippen LogP contribution is 2.28. The van der Waals surface area contributed by atoms with E-state index in [0.717, 1.165) is 24.1 Å². The van der Waals surface area contributed by atoms with E-state index < -0.39 is 0 Å². The van der Waals surface area contributed by atoms with Gasteiger partial charge in [0.1, 0.15) is 5.69 Å². The normalized spacial score (nSPS) is 10.9. The highest BCUT2D eigenvalue weighted by Gasteiger charge is 2.11. The Bertz CT molecular complexity index is 698. The van der Waals surface area contributed by atoms with Crippen molar-refractivity contribution in [3.8, 4) is 11.5 Å². The van der Waals surface area contributed by atoms with Gasteiger partial charge in [-0.1, -0.05) is 18.2 Å². The van der Waals surface area contributed by atoms with E-state index >= 15 is 0 Å². The van der Waals surface area contributed by atoms with Crippen LogP contribution in [0, 0.1) is 3.01 Å². The van der Waals surface area contributed by atoms with Crippen LogP contribution in [-0.4, -0.2) is 14.3 Å². The van der Waals surface area contributed by atoms with E-state index in [1.54, 1.807) is 0 Å². The number of pyridine rings is 1. The number of fused-ring (bicyclic) bond motifs is 1. The molecule has 0 atom stereocenters. The second-order valence-electron chi connectivity index (χ2n) is 3.38. The lowest BCUT2D eigenvalue weighted by atomic mass is 10.2. The van der Waals surface area contributed by atoms with Crippen molar-refractivity contribution < 1.29 is 0 Å². The second kappa shape index (κ2) is 4.58. The largest absolute Gasteiger partial charge is 0.243 e. The van der Waals surface area contributed by atoms with Crippen molar-refractivity contribution in [2.75, 3.05) is 0 Å². The lowest BCUT2D eigenvalue weighted by Crippen LogP contribution is -1.89. The fourth-order valence-electron chi connectivity index (χ4n) is 1.55. The molecule has 0 unspecified atom stereocenters. The molecule has 84 valence electrons. The molecule has 0 aliphatic carbocycles. The second-order valence-corrected chi connectivity index (χ2v) is 6.74. The fraction of sp³-hybridized carbons (Fsp3) is 0. The van der Waals surface area contributed by atoms with Crippen molar-refractivity contribution in [2.45, 2.75) is 0 Å². The van der Waals surface area contributed by atoms with E-state index in [1.165, 1.54) is 11.5 Å². The molecule has 0 N–H and O–H groups in total. The summed E-state index contributed by atoms with van der Waals surface area (Å²) in [6.45, 7) is 0. The maximum atomic E-state index is 4.59. The average Bonchev–Trinajstić information content (AvgIpc) is 2.75. The van der Waals surface area contributed by atoms with Gasteiger partial charge in [0.05, 0.1) is 5.52 Å². The van der Waals surface area contributed by atoms with Gasteiger partial charge in [-0.2, -0.15) is 4.37 Å². The molecule has 2 aromatic heterocycles. The highest BCUT2D eigenvalue weighted by molar-refractivity contribution is 14.1. The molecule has 0 aliphatic rings. The SMILES string of the molecule is Brc1cc2ccccc2nc1-c1nsc(I)n1. The molecule has 1 aromatic carbocycles. The summed E-state index contributed by atoms with van der Waals surface area (Å²) < 4.78 is 6.12. The van der Waals surface area contributed by atoms with Gasteiger partial charge >= 0.3 is 0 Å². The van der Waals surface area contributed by atoms with Gasteiger partial charge in [-0.3, -0.25) is 0 Å². The lowest BCUT2D eigenvalue weighted by Gasteiger charge is -2.02. The van der Waals surface area contributed by atoms with Crippen molar-refractivity contribution in [3.63, 3.8) is 0 Å². The predicted molar refractivity (Wildman–Crippen MR) is 81.1 cm³/mol. The number of hydrogen-bond acceptors (Lipinski definition) is 4. The third-order valence-electron chi connectivity index (χ3n) is 2.29. The number of hydrogen-bond donors (Lipinski definition) is 0. The lowest BCUT2D eigenvalue weighted by molar-refractivity contribution is 1.24. The summed E-state index contributed by atoms with van der Waals surface area (Å²) >= 11 is 7.06. The van der Waals surface area contributed by atoms with E-state index in [2.05, 4.69) is 52.9 Å². The first-order valence-electron chi connectivity index (χ1n) is 4.79.